The van der Waals surface area contributed by atoms with Crippen molar-refractivity contribution >= 4 is 54.6 Å². The lowest BCUT2D eigenvalue weighted by molar-refractivity contribution is 0.666. The van der Waals surface area contributed by atoms with Crippen molar-refractivity contribution in [2.75, 3.05) is 0 Å². The van der Waals surface area contributed by atoms with Gasteiger partial charge in [-0.1, -0.05) is 48.5 Å². The van der Waals surface area contributed by atoms with Crippen molar-refractivity contribution in [2.45, 2.75) is 25.7 Å². The van der Waals surface area contributed by atoms with Gasteiger partial charge in [-0.2, -0.15) is 0 Å². The molecular weight excluding hydrogens is 490 g/mol. The van der Waals surface area contributed by atoms with Crippen LogP contribution in [0, 0.1) is 0 Å². The molecule has 0 amide bonds. The average Bonchev–Trinajstić information content (AvgIpc) is 3.47. The zero-order valence-corrected chi connectivity index (χ0v) is 21.7. The Morgan fingerprint density at radius 2 is 1.15 bits per heavy atom. The topological polar surface area (TPSA) is 43.9 Å². The second-order valence-electron chi connectivity index (χ2n) is 11.3. The van der Waals surface area contributed by atoms with E-state index in [0.29, 0.717) is 5.95 Å². The lowest BCUT2D eigenvalue weighted by Gasteiger charge is -2.19. The zero-order valence-electron chi connectivity index (χ0n) is 21.7. The highest BCUT2D eigenvalue weighted by atomic mass is 16.3. The Balaban J connectivity index is 1.35. The Labute approximate surface area is 229 Å². The minimum absolute atomic E-state index is 0.702. The third-order valence-electron chi connectivity index (χ3n) is 9.17. The molecule has 4 heteroatoms. The van der Waals surface area contributed by atoms with Gasteiger partial charge in [-0.05, 0) is 90.4 Å². The second-order valence-corrected chi connectivity index (χ2v) is 11.3. The van der Waals surface area contributed by atoms with E-state index >= 15 is 0 Å². The van der Waals surface area contributed by atoms with E-state index in [2.05, 4.69) is 89.5 Å². The predicted octanol–water partition coefficient (Wildman–Crippen LogP) is 8.49. The Hall–Kier alpha value is -4.96. The number of furan rings is 1. The van der Waals surface area contributed by atoms with Gasteiger partial charge in [-0.3, -0.25) is 4.57 Å². The summed E-state index contributed by atoms with van der Waals surface area (Å²) in [5, 5.41) is 5.83. The molecule has 10 rings (SSSR count). The second kappa shape index (κ2) is 7.36. The summed E-state index contributed by atoms with van der Waals surface area (Å²) < 4.78 is 8.74. The molecule has 0 atom stereocenters. The van der Waals surface area contributed by atoms with E-state index in [1.807, 2.05) is 6.07 Å². The lowest BCUT2D eigenvalue weighted by Crippen LogP contribution is -2.09. The van der Waals surface area contributed by atoms with E-state index in [1.165, 1.54) is 38.4 Å². The summed E-state index contributed by atoms with van der Waals surface area (Å²) >= 11 is 0. The quantitative estimate of drug-likeness (QED) is 0.233. The van der Waals surface area contributed by atoms with Gasteiger partial charge in [0, 0.05) is 32.5 Å². The summed E-state index contributed by atoms with van der Waals surface area (Å²) in [5.41, 5.74) is 12.9. The predicted molar refractivity (Wildman–Crippen MR) is 161 cm³/mol. The molecule has 40 heavy (non-hydrogen) atoms. The maximum atomic E-state index is 6.46. The van der Waals surface area contributed by atoms with Crippen molar-refractivity contribution in [3.63, 3.8) is 0 Å². The maximum Gasteiger partial charge on any atom is 0.235 e. The van der Waals surface area contributed by atoms with E-state index in [0.717, 1.165) is 75.4 Å². The molecule has 0 unspecified atom stereocenters. The molecule has 2 aliphatic rings. The maximum absolute atomic E-state index is 6.46. The number of hydrogen-bond acceptors (Lipinski definition) is 3. The van der Waals surface area contributed by atoms with Crippen molar-refractivity contribution in [3.05, 3.63) is 113 Å². The van der Waals surface area contributed by atoms with Crippen LogP contribution in [0.15, 0.2) is 95.4 Å². The molecule has 2 aliphatic carbocycles. The highest BCUT2D eigenvalue weighted by Crippen LogP contribution is 2.42. The van der Waals surface area contributed by atoms with Gasteiger partial charge >= 0.3 is 0 Å². The fraction of sp³-hybridized carbons (Fsp3) is 0.111. The van der Waals surface area contributed by atoms with E-state index in [9.17, 15) is 0 Å². The van der Waals surface area contributed by atoms with Crippen LogP contribution >= 0.6 is 0 Å². The van der Waals surface area contributed by atoms with Gasteiger partial charge in [-0.15, -0.1) is 0 Å². The van der Waals surface area contributed by atoms with Crippen molar-refractivity contribution in [2.24, 2.45) is 0 Å². The number of rotatable bonds is 2. The number of hydrogen-bond donors (Lipinski definition) is 0. The van der Waals surface area contributed by atoms with Crippen LogP contribution in [0.1, 0.15) is 22.3 Å². The number of para-hydroxylation sites is 1. The number of benzene rings is 5. The fourth-order valence-electron chi connectivity index (χ4n) is 6.86. The number of aromatic nitrogens is 3. The molecular formula is C36H23N3O. The summed E-state index contributed by atoms with van der Waals surface area (Å²) in [6.45, 7) is 0. The molecule has 0 bridgehead atoms. The minimum Gasteiger partial charge on any atom is -0.456 e. The van der Waals surface area contributed by atoms with Crippen molar-refractivity contribution in [3.8, 4) is 17.2 Å². The minimum atomic E-state index is 0.702. The summed E-state index contributed by atoms with van der Waals surface area (Å²) in [4.78, 5) is 10.4. The molecule has 3 aromatic heterocycles. The van der Waals surface area contributed by atoms with Gasteiger partial charge in [0.05, 0.1) is 22.2 Å². The van der Waals surface area contributed by atoms with Gasteiger partial charge < -0.3 is 4.42 Å². The third kappa shape index (κ3) is 2.70. The van der Waals surface area contributed by atoms with Crippen molar-refractivity contribution in [1.82, 2.24) is 14.5 Å². The molecule has 188 valence electrons. The smallest absolute Gasteiger partial charge is 0.235 e. The largest absolute Gasteiger partial charge is 0.456 e. The first kappa shape index (κ1) is 20.9. The number of nitrogens with zero attached hydrogens (tertiary/aromatic N) is 3. The van der Waals surface area contributed by atoms with Crippen LogP contribution in [0.2, 0.25) is 0 Å². The van der Waals surface area contributed by atoms with Gasteiger partial charge in [0.25, 0.3) is 0 Å². The molecule has 4 nitrogen and oxygen atoms in total. The summed E-state index contributed by atoms with van der Waals surface area (Å²) in [7, 11) is 0. The highest BCUT2D eigenvalue weighted by Gasteiger charge is 2.24. The zero-order chi connectivity index (χ0) is 25.9. The van der Waals surface area contributed by atoms with E-state index < -0.39 is 0 Å². The lowest BCUT2D eigenvalue weighted by atomic mass is 9.87. The molecule has 0 saturated carbocycles. The normalized spacial score (nSPS) is 14.1. The Bertz CT molecular complexity index is 2380. The molecule has 0 saturated heterocycles. The van der Waals surface area contributed by atoms with E-state index in [1.54, 1.807) is 0 Å². The Kier molecular flexibility index (Phi) is 3.85. The molecule has 0 aliphatic heterocycles. The first-order valence-electron chi connectivity index (χ1n) is 14.1. The van der Waals surface area contributed by atoms with Crippen molar-refractivity contribution < 1.29 is 4.42 Å². The number of aryl methyl sites for hydroxylation is 4. The molecule has 0 N–H and O–H groups in total. The highest BCUT2D eigenvalue weighted by molar-refractivity contribution is 6.17. The first-order valence-corrected chi connectivity index (χ1v) is 14.1. The molecule has 0 radical (unpaired) electrons. The SMILES string of the molecule is c1ccc(-c2nc(-n3c4cc5c(cc4c4cc6oc7cc8c(cc7c6cc43)CC8)CC5)nc3ccccc23)cc1. The van der Waals surface area contributed by atoms with Crippen LogP contribution < -0.4 is 0 Å². The van der Waals surface area contributed by atoms with Crippen LogP contribution in [0.25, 0.3) is 71.9 Å². The van der Waals surface area contributed by atoms with Crippen LogP contribution in [0.3, 0.4) is 0 Å². The van der Waals surface area contributed by atoms with Crippen LogP contribution in [-0.4, -0.2) is 14.5 Å². The van der Waals surface area contributed by atoms with Gasteiger partial charge in [-0.25, -0.2) is 9.97 Å². The average molecular weight is 514 g/mol. The summed E-state index contributed by atoms with van der Waals surface area (Å²) in [6.07, 6.45) is 4.56. The van der Waals surface area contributed by atoms with Gasteiger partial charge in [0.2, 0.25) is 5.95 Å². The van der Waals surface area contributed by atoms with Crippen molar-refractivity contribution in [1.29, 1.82) is 0 Å². The molecule has 5 aromatic carbocycles. The molecule has 3 heterocycles. The van der Waals surface area contributed by atoms with Crippen LogP contribution in [-0.2, 0) is 25.7 Å². The monoisotopic (exact) mass is 513 g/mol. The van der Waals surface area contributed by atoms with Gasteiger partial charge in [0.1, 0.15) is 11.2 Å². The fourth-order valence-corrected chi connectivity index (χ4v) is 6.86. The molecule has 8 aromatic rings. The first-order chi connectivity index (χ1) is 19.8. The molecule has 0 fully saturated rings. The third-order valence-corrected chi connectivity index (χ3v) is 9.17. The Morgan fingerprint density at radius 1 is 0.525 bits per heavy atom. The number of fused-ring (bicyclic) bond motifs is 9. The van der Waals surface area contributed by atoms with E-state index in [-0.39, 0.29) is 0 Å². The van der Waals surface area contributed by atoms with Crippen LogP contribution in [0.4, 0.5) is 0 Å². The summed E-state index contributed by atoms with van der Waals surface area (Å²) in [5.74, 6) is 0.702. The van der Waals surface area contributed by atoms with Crippen LogP contribution in [0.5, 0.6) is 0 Å². The van der Waals surface area contributed by atoms with E-state index in [4.69, 9.17) is 14.4 Å². The Morgan fingerprint density at radius 3 is 1.98 bits per heavy atom. The standard InChI is InChI=1S/C36H23N3O/c1-2-6-20(7-3-1)35-25-8-4-5-9-30(25)37-36(38-35)39-31-16-23-12-10-21(23)14-26(31)27-19-34-29(18-32(27)39)28-15-22-11-13-24(22)17-33(28)40-34/h1-9,14-19H,10-13H2. The molecule has 0 spiro atoms. The summed E-state index contributed by atoms with van der Waals surface area (Å²) in [6, 6.07) is 32.6. The van der Waals surface area contributed by atoms with Gasteiger partial charge in [0.15, 0.2) is 0 Å².